The molecular formula is C26H38O5S. The minimum absolute atomic E-state index is 0.00700. The number of phenolic OH excluding ortho intramolecular Hbond substituents is 1. The number of hydrogen-bond donors (Lipinski definition) is 2. The topological polar surface area (TPSA) is 83.8 Å². The summed E-state index contributed by atoms with van der Waals surface area (Å²) in [6.45, 7) is 2.25. The highest BCUT2D eigenvalue weighted by Gasteiger charge is 2.19. The van der Waals surface area contributed by atoms with Gasteiger partial charge in [-0.15, -0.1) is 0 Å². The lowest BCUT2D eigenvalue weighted by Crippen LogP contribution is -2.02. The van der Waals surface area contributed by atoms with E-state index in [1.165, 1.54) is 88.5 Å². The summed E-state index contributed by atoms with van der Waals surface area (Å²) in [6.07, 6.45) is 16.0. The van der Waals surface area contributed by atoms with E-state index < -0.39 is 10.1 Å². The molecule has 0 spiro atoms. The number of aryl methyl sites for hydroxylation is 1. The molecule has 0 saturated carbocycles. The van der Waals surface area contributed by atoms with E-state index in [-0.39, 0.29) is 22.1 Å². The van der Waals surface area contributed by atoms with Gasteiger partial charge in [-0.1, -0.05) is 102 Å². The monoisotopic (exact) mass is 462 g/mol. The molecule has 32 heavy (non-hydrogen) atoms. The van der Waals surface area contributed by atoms with Gasteiger partial charge >= 0.3 is 0 Å². The van der Waals surface area contributed by atoms with E-state index in [1.807, 2.05) is 6.07 Å². The van der Waals surface area contributed by atoms with Crippen LogP contribution in [0.15, 0.2) is 47.4 Å². The van der Waals surface area contributed by atoms with Crippen molar-refractivity contribution in [3.8, 4) is 17.2 Å². The largest absolute Gasteiger partial charge is 0.504 e. The standard InChI is InChI=1S/C26H38O5S/c1-2-3-4-5-6-7-8-9-10-11-12-13-17-22-18-16-19-23(27)26(22)31-24-20-14-15-21-25(24)32(28,29)30/h14-16,18-21,27H,2-13,17H2,1H3,(H,28,29,30). The van der Waals surface area contributed by atoms with Gasteiger partial charge < -0.3 is 9.84 Å². The van der Waals surface area contributed by atoms with E-state index in [9.17, 15) is 18.1 Å². The lowest BCUT2D eigenvalue weighted by molar-refractivity contribution is 0.397. The lowest BCUT2D eigenvalue weighted by atomic mass is 10.0. The number of ether oxygens (including phenoxy) is 1. The molecule has 0 aliphatic carbocycles. The number of para-hydroxylation sites is 2. The van der Waals surface area contributed by atoms with Crippen LogP contribution in [0.25, 0.3) is 0 Å². The van der Waals surface area contributed by atoms with Crippen molar-refractivity contribution in [2.24, 2.45) is 0 Å². The minimum Gasteiger partial charge on any atom is -0.504 e. The van der Waals surface area contributed by atoms with E-state index in [2.05, 4.69) is 6.92 Å². The molecule has 0 atom stereocenters. The molecule has 0 radical (unpaired) electrons. The smallest absolute Gasteiger partial charge is 0.298 e. The van der Waals surface area contributed by atoms with Gasteiger partial charge in [0.15, 0.2) is 11.5 Å². The van der Waals surface area contributed by atoms with Crippen LogP contribution in [0.3, 0.4) is 0 Å². The van der Waals surface area contributed by atoms with Gasteiger partial charge in [-0.2, -0.15) is 8.42 Å². The molecule has 5 nitrogen and oxygen atoms in total. The van der Waals surface area contributed by atoms with E-state index in [1.54, 1.807) is 12.1 Å². The van der Waals surface area contributed by atoms with Crippen LogP contribution >= 0.6 is 0 Å². The normalized spacial score (nSPS) is 11.6. The highest BCUT2D eigenvalue weighted by molar-refractivity contribution is 7.86. The van der Waals surface area contributed by atoms with Crippen LogP contribution in [0.4, 0.5) is 0 Å². The number of rotatable bonds is 16. The van der Waals surface area contributed by atoms with Gasteiger partial charge in [0.1, 0.15) is 10.6 Å². The Bertz CT molecular complexity index is 908. The van der Waals surface area contributed by atoms with Crippen molar-refractivity contribution in [3.05, 3.63) is 48.0 Å². The molecule has 6 heteroatoms. The maximum absolute atomic E-state index is 11.6. The third-order valence-corrected chi connectivity index (χ3v) is 6.61. The van der Waals surface area contributed by atoms with E-state index in [0.717, 1.165) is 24.8 Å². The number of aromatic hydroxyl groups is 1. The van der Waals surface area contributed by atoms with Crippen LogP contribution in [0, 0.1) is 0 Å². The average Bonchev–Trinajstić information content (AvgIpc) is 2.76. The Kier molecular flexibility index (Phi) is 11.6. The third-order valence-electron chi connectivity index (χ3n) is 5.71. The van der Waals surface area contributed by atoms with Gasteiger partial charge in [0.2, 0.25) is 0 Å². The summed E-state index contributed by atoms with van der Waals surface area (Å²) in [6, 6.07) is 11.0. The van der Waals surface area contributed by atoms with Crippen LogP contribution in [0.2, 0.25) is 0 Å². The molecule has 2 rings (SSSR count). The van der Waals surface area contributed by atoms with Crippen molar-refractivity contribution >= 4 is 10.1 Å². The zero-order valence-electron chi connectivity index (χ0n) is 19.3. The minimum atomic E-state index is -4.43. The summed E-state index contributed by atoms with van der Waals surface area (Å²) in [4.78, 5) is -0.320. The van der Waals surface area contributed by atoms with Gasteiger partial charge in [0.05, 0.1) is 0 Å². The molecule has 0 fully saturated rings. The molecule has 0 saturated heterocycles. The maximum atomic E-state index is 11.6. The summed E-state index contributed by atoms with van der Waals surface area (Å²) in [5.41, 5.74) is 0.822. The molecule has 0 unspecified atom stereocenters. The van der Waals surface area contributed by atoms with Crippen LogP contribution in [-0.4, -0.2) is 18.1 Å². The van der Waals surface area contributed by atoms with Gasteiger partial charge in [-0.05, 0) is 36.6 Å². The Balaban J connectivity index is 1.79. The predicted molar refractivity (Wildman–Crippen MR) is 129 cm³/mol. The summed E-state index contributed by atoms with van der Waals surface area (Å²) in [5.74, 6) is 0.186. The highest BCUT2D eigenvalue weighted by atomic mass is 32.2. The Hall–Kier alpha value is -2.05. The van der Waals surface area contributed by atoms with Crippen molar-refractivity contribution in [2.45, 2.75) is 95.3 Å². The first-order valence-corrected chi connectivity index (χ1v) is 13.4. The molecule has 2 aromatic carbocycles. The highest BCUT2D eigenvalue weighted by Crippen LogP contribution is 2.37. The van der Waals surface area contributed by atoms with Crippen molar-refractivity contribution in [2.75, 3.05) is 0 Å². The predicted octanol–water partition coefficient (Wildman–Crippen LogP) is 7.67. The summed E-state index contributed by atoms with van der Waals surface area (Å²) in [5, 5.41) is 10.3. The number of phenols is 1. The molecule has 2 N–H and O–H groups in total. The van der Waals surface area contributed by atoms with Crippen LogP contribution in [0.1, 0.15) is 89.5 Å². The van der Waals surface area contributed by atoms with Gasteiger partial charge in [0, 0.05) is 0 Å². The SMILES string of the molecule is CCCCCCCCCCCCCCc1cccc(O)c1Oc1ccccc1S(=O)(=O)O. The lowest BCUT2D eigenvalue weighted by Gasteiger charge is -2.14. The Morgan fingerprint density at radius 1 is 0.750 bits per heavy atom. The molecule has 2 aromatic rings. The summed E-state index contributed by atoms with van der Waals surface area (Å²) in [7, 11) is -4.43. The fourth-order valence-corrected chi connectivity index (χ4v) is 4.51. The molecular weight excluding hydrogens is 424 g/mol. The Morgan fingerprint density at radius 2 is 1.31 bits per heavy atom. The van der Waals surface area contributed by atoms with Crippen molar-refractivity contribution in [1.29, 1.82) is 0 Å². The second-order valence-electron chi connectivity index (χ2n) is 8.43. The Labute approximate surface area is 193 Å². The first kappa shape index (κ1) is 26.2. The molecule has 0 aromatic heterocycles. The van der Waals surface area contributed by atoms with Gasteiger partial charge in [-0.3, -0.25) is 4.55 Å². The summed E-state index contributed by atoms with van der Waals surface area (Å²) >= 11 is 0. The average molecular weight is 463 g/mol. The van der Waals surface area contributed by atoms with E-state index in [4.69, 9.17) is 4.74 Å². The zero-order valence-corrected chi connectivity index (χ0v) is 20.1. The molecule has 0 heterocycles. The van der Waals surface area contributed by atoms with Crippen molar-refractivity contribution < 1.29 is 22.8 Å². The molecule has 178 valence electrons. The van der Waals surface area contributed by atoms with E-state index in [0.29, 0.717) is 0 Å². The number of unbranched alkanes of at least 4 members (excludes halogenated alkanes) is 11. The van der Waals surface area contributed by atoms with E-state index >= 15 is 0 Å². The van der Waals surface area contributed by atoms with Crippen molar-refractivity contribution in [1.82, 2.24) is 0 Å². The molecule has 0 amide bonds. The van der Waals surface area contributed by atoms with Crippen molar-refractivity contribution in [3.63, 3.8) is 0 Å². The molecule has 0 bridgehead atoms. The fourth-order valence-electron chi connectivity index (χ4n) is 3.90. The van der Waals surface area contributed by atoms with Crippen LogP contribution in [0.5, 0.6) is 17.2 Å². The second kappa shape index (κ2) is 14.2. The summed E-state index contributed by atoms with van der Waals surface area (Å²) < 4.78 is 38.5. The van der Waals surface area contributed by atoms with Crippen LogP contribution < -0.4 is 4.74 Å². The first-order valence-electron chi connectivity index (χ1n) is 12.0. The van der Waals surface area contributed by atoms with Gasteiger partial charge in [-0.25, -0.2) is 0 Å². The maximum Gasteiger partial charge on any atom is 0.298 e. The number of hydrogen-bond acceptors (Lipinski definition) is 4. The van der Waals surface area contributed by atoms with Crippen LogP contribution in [-0.2, 0) is 16.5 Å². The molecule has 0 aliphatic heterocycles. The zero-order chi connectivity index (χ0) is 23.2. The number of benzene rings is 2. The van der Waals surface area contributed by atoms with Gasteiger partial charge in [0.25, 0.3) is 10.1 Å². The fraction of sp³-hybridized carbons (Fsp3) is 0.538. The Morgan fingerprint density at radius 3 is 1.91 bits per heavy atom. The quantitative estimate of drug-likeness (QED) is 0.197. The first-order chi connectivity index (χ1) is 15.4. The second-order valence-corrected chi connectivity index (χ2v) is 9.82. The third kappa shape index (κ3) is 9.21. The molecule has 0 aliphatic rings.